The number of hydrogen-bond acceptors (Lipinski definition) is 4. The van der Waals surface area contributed by atoms with Crippen molar-refractivity contribution in [2.45, 2.75) is 85.0 Å². The fraction of sp³-hybridized carbons (Fsp3) is 0.850. The van der Waals surface area contributed by atoms with Crippen molar-refractivity contribution in [2.24, 2.45) is 16.8 Å². The number of halogens is 1. The molecule has 0 fully saturated rings. The van der Waals surface area contributed by atoms with Crippen LogP contribution in [-0.4, -0.2) is 46.1 Å². The van der Waals surface area contributed by atoms with Crippen LogP contribution in [-0.2, 0) is 13.0 Å². The minimum atomic E-state index is 0. The van der Waals surface area contributed by atoms with Crippen molar-refractivity contribution >= 4 is 41.7 Å². The molecule has 8 heteroatoms. The third kappa shape index (κ3) is 10.9. The lowest BCUT2D eigenvalue weighted by Gasteiger charge is -2.18. The van der Waals surface area contributed by atoms with Crippen LogP contribution in [0.15, 0.2) is 10.1 Å². The van der Waals surface area contributed by atoms with Crippen molar-refractivity contribution in [2.75, 3.05) is 19.3 Å². The van der Waals surface area contributed by atoms with Crippen molar-refractivity contribution in [3.05, 3.63) is 5.82 Å². The van der Waals surface area contributed by atoms with E-state index in [0.29, 0.717) is 12.0 Å². The number of aryl methyl sites for hydroxylation is 1. The van der Waals surface area contributed by atoms with Crippen LogP contribution in [0.4, 0.5) is 0 Å². The first-order chi connectivity index (χ1) is 12.9. The highest BCUT2D eigenvalue weighted by Crippen LogP contribution is 2.16. The minimum absolute atomic E-state index is 0. The molecule has 0 saturated carbocycles. The van der Waals surface area contributed by atoms with Crippen molar-refractivity contribution in [3.63, 3.8) is 0 Å². The van der Waals surface area contributed by atoms with Crippen LogP contribution < -0.4 is 10.6 Å². The van der Waals surface area contributed by atoms with Crippen molar-refractivity contribution in [1.82, 2.24) is 25.4 Å². The van der Waals surface area contributed by atoms with Crippen LogP contribution in [0.3, 0.4) is 0 Å². The largest absolute Gasteiger partial charge is 0.357 e. The summed E-state index contributed by atoms with van der Waals surface area (Å²) in [5.41, 5.74) is 0. The first-order valence-corrected chi connectivity index (χ1v) is 11.6. The minimum Gasteiger partial charge on any atom is -0.357 e. The molecule has 164 valence electrons. The molecule has 0 saturated heterocycles. The first kappa shape index (κ1) is 27.5. The standard InChI is InChI=1S/C20H40N6S.HI/c1-8-21-19(23-17(6)12-11-15(2)3)22-13-9-10-18-24-25-20(27-7)26(18)14-16(4)5;/h15-17H,8-14H2,1-7H3,(H2,21,22,23);1H. The lowest BCUT2D eigenvalue weighted by molar-refractivity contribution is 0.477. The number of aromatic nitrogens is 3. The van der Waals surface area contributed by atoms with E-state index in [-0.39, 0.29) is 24.0 Å². The number of nitrogens with one attached hydrogen (secondary N) is 2. The van der Waals surface area contributed by atoms with Crippen LogP contribution in [0, 0.1) is 11.8 Å². The van der Waals surface area contributed by atoms with E-state index in [4.69, 9.17) is 4.99 Å². The van der Waals surface area contributed by atoms with Gasteiger partial charge in [0.1, 0.15) is 5.82 Å². The lowest BCUT2D eigenvalue weighted by atomic mass is 10.0. The van der Waals surface area contributed by atoms with Gasteiger partial charge in [0, 0.05) is 32.1 Å². The average Bonchev–Trinajstić information content (AvgIpc) is 2.98. The molecule has 0 bridgehead atoms. The molecule has 1 aromatic rings. The Hall–Kier alpha value is -0.510. The molecular weight excluding hydrogens is 483 g/mol. The second-order valence-electron chi connectivity index (χ2n) is 7.99. The van der Waals surface area contributed by atoms with E-state index in [1.807, 2.05) is 0 Å². The van der Waals surface area contributed by atoms with Gasteiger partial charge in [-0.15, -0.1) is 34.2 Å². The van der Waals surface area contributed by atoms with Gasteiger partial charge in [0.2, 0.25) is 0 Å². The SMILES string of the molecule is CCNC(=NCCCc1nnc(SC)n1CC(C)C)NC(C)CCC(C)C.I. The Balaban J connectivity index is 0.00000729. The predicted octanol–water partition coefficient (Wildman–Crippen LogP) is 4.59. The molecule has 0 aliphatic heterocycles. The van der Waals surface area contributed by atoms with E-state index in [1.165, 1.54) is 6.42 Å². The van der Waals surface area contributed by atoms with Crippen LogP contribution >= 0.6 is 35.7 Å². The van der Waals surface area contributed by atoms with Gasteiger partial charge >= 0.3 is 0 Å². The topological polar surface area (TPSA) is 67.1 Å². The molecular formula is C20H41IN6S. The second-order valence-corrected chi connectivity index (χ2v) is 8.76. The monoisotopic (exact) mass is 524 g/mol. The van der Waals surface area contributed by atoms with E-state index in [0.717, 1.165) is 61.8 Å². The number of guanidine groups is 1. The van der Waals surface area contributed by atoms with Crippen LogP contribution in [0.1, 0.15) is 66.6 Å². The molecule has 28 heavy (non-hydrogen) atoms. The molecule has 2 N–H and O–H groups in total. The molecule has 0 amide bonds. The molecule has 1 unspecified atom stereocenters. The molecule has 0 aliphatic rings. The molecule has 1 rings (SSSR count). The Labute approximate surface area is 193 Å². The van der Waals surface area contributed by atoms with Crippen LogP contribution in [0.2, 0.25) is 0 Å². The van der Waals surface area contributed by atoms with Gasteiger partial charge in [0.15, 0.2) is 11.1 Å². The molecule has 0 aliphatic carbocycles. The van der Waals surface area contributed by atoms with E-state index < -0.39 is 0 Å². The quantitative estimate of drug-likeness (QED) is 0.138. The Morgan fingerprint density at radius 2 is 1.82 bits per heavy atom. The van der Waals surface area contributed by atoms with E-state index in [1.54, 1.807) is 11.8 Å². The van der Waals surface area contributed by atoms with Crippen LogP contribution in [0.25, 0.3) is 0 Å². The zero-order valence-electron chi connectivity index (χ0n) is 18.8. The highest BCUT2D eigenvalue weighted by Gasteiger charge is 2.12. The highest BCUT2D eigenvalue weighted by molar-refractivity contribution is 14.0. The first-order valence-electron chi connectivity index (χ1n) is 10.4. The van der Waals surface area contributed by atoms with Crippen molar-refractivity contribution in [3.8, 4) is 0 Å². The summed E-state index contributed by atoms with van der Waals surface area (Å²) in [5.74, 6) is 3.32. The van der Waals surface area contributed by atoms with Gasteiger partial charge in [-0.05, 0) is 51.2 Å². The van der Waals surface area contributed by atoms with Crippen molar-refractivity contribution in [1.29, 1.82) is 0 Å². The van der Waals surface area contributed by atoms with E-state index in [9.17, 15) is 0 Å². The summed E-state index contributed by atoms with van der Waals surface area (Å²) < 4.78 is 2.26. The normalized spacial score (nSPS) is 13.0. The molecule has 6 nitrogen and oxygen atoms in total. The van der Waals surface area contributed by atoms with E-state index >= 15 is 0 Å². The van der Waals surface area contributed by atoms with Gasteiger partial charge in [-0.1, -0.05) is 39.5 Å². The third-order valence-electron chi connectivity index (χ3n) is 4.26. The predicted molar refractivity (Wildman–Crippen MR) is 133 cm³/mol. The molecule has 1 atom stereocenters. The highest BCUT2D eigenvalue weighted by atomic mass is 127. The third-order valence-corrected chi connectivity index (χ3v) is 4.92. The van der Waals surface area contributed by atoms with Crippen molar-refractivity contribution < 1.29 is 0 Å². The number of aliphatic imine (C=N–C) groups is 1. The van der Waals surface area contributed by atoms with Crippen LogP contribution in [0.5, 0.6) is 0 Å². The lowest BCUT2D eigenvalue weighted by Crippen LogP contribution is -2.42. The Bertz CT molecular complexity index is 559. The Morgan fingerprint density at radius 3 is 2.39 bits per heavy atom. The number of thioether (sulfide) groups is 1. The zero-order chi connectivity index (χ0) is 20.2. The van der Waals surface area contributed by atoms with Gasteiger partial charge in [-0.25, -0.2) is 0 Å². The summed E-state index contributed by atoms with van der Waals surface area (Å²) >= 11 is 1.66. The van der Waals surface area contributed by atoms with Gasteiger partial charge < -0.3 is 15.2 Å². The molecule has 1 heterocycles. The number of rotatable bonds is 12. The van der Waals surface area contributed by atoms with E-state index in [2.05, 4.69) is 73.2 Å². The fourth-order valence-corrected chi connectivity index (χ4v) is 3.36. The molecule has 0 radical (unpaired) electrons. The molecule has 0 aromatic carbocycles. The maximum absolute atomic E-state index is 4.74. The zero-order valence-corrected chi connectivity index (χ0v) is 21.9. The van der Waals surface area contributed by atoms with Gasteiger partial charge in [-0.3, -0.25) is 4.99 Å². The summed E-state index contributed by atoms with van der Waals surface area (Å²) in [4.78, 5) is 4.74. The molecule has 1 aromatic heterocycles. The second kappa shape index (κ2) is 15.3. The smallest absolute Gasteiger partial charge is 0.191 e. The van der Waals surface area contributed by atoms with Gasteiger partial charge in [-0.2, -0.15) is 0 Å². The molecule has 0 spiro atoms. The fourth-order valence-electron chi connectivity index (χ4n) is 2.84. The number of hydrogen-bond donors (Lipinski definition) is 2. The Morgan fingerprint density at radius 1 is 1.11 bits per heavy atom. The average molecular weight is 525 g/mol. The van der Waals surface area contributed by atoms with Gasteiger partial charge in [0.25, 0.3) is 0 Å². The Kier molecular flexibility index (Phi) is 15.1. The van der Waals surface area contributed by atoms with Gasteiger partial charge in [0.05, 0.1) is 0 Å². The maximum Gasteiger partial charge on any atom is 0.191 e. The summed E-state index contributed by atoms with van der Waals surface area (Å²) in [7, 11) is 0. The summed E-state index contributed by atoms with van der Waals surface area (Å²) in [6.07, 6.45) is 6.34. The summed E-state index contributed by atoms with van der Waals surface area (Å²) in [5, 5.41) is 16.6. The maximum atomic E-state index is 4.74. The number of nitrogens with zero attached hydrogens (tertiary/aromatic N) is 4. The summed E-state index contributed by atoms with van der Waals surface area (Å²) in [6, 6.07) is 0.434. The summed E-state index contributed by atoms with van der Waals surface area (Å²) in [6.45, 7) is 16.0.